The van der Waals surface area contributed by atoms with Crippen LogP contribution in [0.25, 0.3) is 0 Å². The molecule has 1 nitrogen and oxygen atoms in total. The van der Waals surface area contributed by atoms with E-state index in [1.165, 1.54) is 5.56 Å². The van der Waals surface area contributed by atoms with Crippen LogP contribution in [-0.2, 0) is 6.54 Å². The molecule has 0 aliphatic carbocycles. The first-order valence-electron chi connectivity index (χ1n) is 4.83. The minimum Gasteiger partial charge on any atom is -0.220 e. The molecule has 0 amide bonds. The van der Waals surface area contributed by atoms with Crippen molar-refractivity contribution in [2.24, 2.45) is 0 Å². The van der Waals surface area contributed by atoms with Crippen LogP contribution in [0.5, 0.6) is 0 Å². The Labute approximate surface area is 91.3 Å². The van der Waals surface area contributed by atoms with Gasteiger partial charge in [-0.1, -0.05) is 36.4 Å². The van der Waals surface area contributed by atoms with Crippen molar-refractivity contribution >= 4 is 11.8 Å². The third-order valence-electron chi connectivity index (χ3n) is 2.15. The van der Waals surface area contributed by atoms with Crippen LogP contribution in [0.2, 0.25) is 0 Å². The van der Waals surface area contributed by atoms with Crippen molar-refractivity contribution in [3.05, 3.63) is 48.6 Å². The number of nitrogens with zero attached hydrogens (tertiary/aromatic N) is 1. The first-order chi connectivity index (χ1) is 6.64. The summed E-state index contributed by atoms with van der Waals surface area (Å²) in [5.74, 6) is 0. The Hall–Kier alpha value is -0.790. The number of benzene rings is 1. The summed E-state index contributed by atoms with van der Waals surface area (Å²) in [4.78, 5) is 0. The van der Waals surface area contributed by atoms with Crippen LogP contribution in [0, 0.1) is 0 Å². The van der Waals surface area contributed by atoms with Crippen molar-refractivity contribution in [3.8, 4) is 0 Å². The maximum absolute atomic E-state index is 6.34. The Morgan fingerprint density at radius 1 is 1.36 bits per heavy atom. The first kappa shape index (κ1) is 11.3. The molecule has 76 valence electrons. The molecule has 0 spiro atoms. The zero-order valence-electron chi connectivity index (χ0n) is 8.62. The fourth-order valence-corrected chi connectivity index (χ4v) is 1.64. The molecule has 0 saturated carbocycles. The summed E-state index contributed by atoms with van der Waals surface area (Å²) in [6.07, 6.45) is 2.86. The van der Waals surface area contributed by atoms with E-state index in [9.17, 15) is 0 Å². The first-order valence-corrected chi connectivity index (χ1v) is 5.17. The summed E-state index contributed by atoms with van der Waals surface area (Å²) in [5, 5.41) is 0. The van der Waals surface area contributed by atoms with Gasteiger partial charge in [0.05, 0.1) is 13.6 Å². The summed E-state index contributed by atoms with van der Waals surface area (Å²) < 4.78 is 0.496. The second kappa shape index (κ2) is 5.18. The van der Waals surface area contributed by atoms with E-state index in [4.69, 9.17) is 11.8 Å². The van der Waals surface area contributed by atoms with E-state index in [0.29, 0.717) is 4.00 Å². The Morgan fingerprint density at radius 3 is 2.57 bits per heavy atom. The Morgan fingerprint density at radius 2 is 2.00 bits per heavy atom. The molecular formula is C12H17ClN+. The summed E-state index contributed by atoms with van der Waals surface area (Å²) >= 11 is 6.34. The highest BCUT2D eigenvalue weighted by atomic mass is 35.5. The lowest BCUT2D eigenvalue weighted by molar-refractivity contribution is -0.807. The van der Waals surface area contributed by atoms with E-state index in [-0.39, 0.29) is 0 Å². The van der Waals surface area contributed by atoms with Gasteiger partial charge in [0.1, 0.15) is 6.54 Å². The maximum atomic E-state index is 6.34. The average molecular weight is 211 g/mol. The molecule has 0 N–H and O–H groups in total. The lowest BCUT2D eigenvalue weighted by Crippen LogP contribution is -2.33. The second-order valence-electron chi connectivity index (χ2n) is 3.71. The predicted molar refractivity (Wildman–Crippen MR) is 61.9 cm³/mol. The number of hydrogen-bond acceptors (Lipinski definition) is 0. The van der Waals surface area contributed by atoms with Crippen LogP contribution in [0.15, 0.2) is 43.0 Å². The molecule has 0 heterocycles. The fraction of sp³-hybridized carbons (Fsp3) is 0.333. The maximum Gasteiger partial charge on any atom is 0.165 e. The van der Waals surface area contributed by atoms with E-state index in [1.807, 2.05) is 31.3 Å². The Kier molecular flexibility index (Phi) is 4.18. The van der Waals surface area contributed by atoms with Crippen LogP contribution in [0.4, 0.5) is 0 Å². The van der Waals surface area contributed by atoms with E-state index in [1.54, 1.807) is 0 Å². The third-order valence-corrected chi connectivity index (χ3v) is 2.44. The quantitative estimate of drug-likeness (QED) is 0.517. The molecule has 0 fully saturated rings. The van der Waals surface area contributed by atoms with Crippen LogP contribution < -0.4 is 0 Å². The molecule has 0 aliphatic heterocycles. The molecule has 1 atom stereocenters. The van der Waals surface area contributed by atoms with Gasteiger partial charge in [0, 0.05) is 12.0 Å². The van der Waals surface area contributed by atoms with Crippen molar-refractivity contribution in [3.63, 3.8) is 0 Å². The van der Waals surface area contributed by atoms with E-state index >= 15 is 0 Å². The van der Waals surface area contributed by atoms with Gasteiger partial charge in [0.25, 0.3) is 0 Å². The van der Waals surface area contributed by atoms with Crippen LogP contribution in [0.3, 0.4) is 0 Å². The minimum atomic E-state index is 0.496. The van der Waals surface area contributed by atoms with Gasteiger partial charge in [0.15, 0.2) is 11.8 Å². The zero-order chi connectivity index (χ0) is 10.4. The van der Waals surface area contributed by atoms with E-state index in [2.05, 4.69) is 18.7 Å². The summed E-state index contributed by atoms with van der Waals surface area (Å²) in [7, 11) is 2.03. The molecule has 1 unspecified atom stereocenters. The van der Waals surface area contributed by atoms with Gasteiger partial charge in [0.2, 0.25) is 0 Å². The average Bonchev–Trinajstić information content (AvgIpc) is 2.16. The Bertz CT molecular complexity index is 280. The summed E-state index contributed by atoms with van der Waals surface area (Å²) in [6, 6.07) is 10.3. The van der Waals surface area contributed by atoms with E-state index < -0.39 is 0 Å². The second-order valence-corrected chi connectivity index (χ2v) is 4.52. The molecule has 0 radical (unpaired) electrons. The van der Waals surface area contributed by atoms with Gasteiger partial charge in [-0.3, -0.25) is 0 Å². The summed E-state index contributed by atoms with van der Waals surface area (Å²) in [5.41, 5.74) is 1.27. The topological polar surface area (TPSA) is 0 Å². The van der Waals surface area contributed by atoms with Crippen molar-refractivity contribution < 1.29 is 4.00 Å². The summed E-state index contributed by atoms with van der Waals surface area (Å²) in [6.45, 7) is 5.48. The fourth-order valence-electron chi connectivity index (χ4n) is 1.40. The van der Waals surface area contributed by atoms with Crippen LogP contribution >= 0.6 is 11.8 Å². The highest BCUT2D eigenvalue weighted by Crippen LogP contribution is 2.15. The molecular weight excluding hydrogens is 194 g/mol. The molecule has 0 bridgehead atoms. The van der Waals surface area contributed by atoms with Gasteiger partial charge in [-0.2, -0.15) is 0 Å². The van der Waals surface area contributed by atoms with Crippen LogP contribution in [-0.4, -0.2) is 17.6 Å². The molecule has 1 aromatic carbocycles. The molecule has 1 aromatic rings. The Balaban J connectivity index is 2.54. The molecule has 0 saturated heterocycles. The van der Waals surface area contributed by atoms with Gasteiger partial charge < -0.3 is 0 Å². The van der Waals surface area contributed by atoms with Gasteiger partial charge >= 0.3 is 0 Å². The number of hydrogen-bond donors (Lipinski definition) is 0. The predicted octanol–water partition coefficient (Wildman–Crippen LogP) is 3.36. The number of rotatable bonds is 5. The molecule has 2 heteroatoms. The lowest BCUT2D eigenvalue weighted by Gasteiger charge is -2.23. The van der Waals surface area contributed by atoms with Crippen molar-refractivity contribution in [1.82, 2.24) is 0 Å². The highest BCUT2D eigenvalue weighted by Gasteiger charge is 2.18. The zero-order valence-corrected chi connectivity index (χ0v) is 9.37. The van der Waals surface area contributed by atoms with Gasteiger partial charge in [-0.15, -0.1) is 6.58 Å². The monoisotopic (exact) mass is 210 g/mol. The molecule has 0 aromatic heterocycles. The SMILES string of the molecule is C=CCC[N+](C)(Cl)Cc1ccccc1. The van der Waals surface area contributed by atoms with E-state index in [0.717, 1.165) is 19.5 Å². The molecule has 0 aliphatic rings. The lowest BCUT2D eigenvalue weighted by atomic mass is 10.2. The van der Waals surface area contributed by atoms with Gasteiger partial charge in [-0.05, 0) is 0 Å². The van der Waals surface area contributed by atoms with Crippen molar-refractivity contribution in [1.29, 1.82) is 0 Å². The number of halogens is 1. The largest absolute Gasteiger partial charge is 0.220 e. The van der Waals surface area contributed by atoms with Crippen LogP contribution in [0.1, 0.15) is 12.0 Å². The van der Waals surface area contributed by atoms with Crippen molar-refractivity contribution in [2.45, 2.75) is 13.0 Å². The normalized spacial score (nSPS) is 14.7. The smallest absolute Gasteiger partial charge is 0.165 e. The molecule has 14 heavy (non-hydrogen) atoms. The number of quaternary nitrogens is 1. The minimum absolute atomic E-state index is 0.496. The highest BCUT2D eigenvalue weighted by molar-refractivity contribution is 6.06. The molecule has 1 rings (SSSR count). The van der Waals surface area contributed by atoms with Gasteiger partial charge in [-0.25, -0.2) is 4.00 Å². The van der Waals surface area contributed by atoms with Crippen molar-refractivity contribution in [2.75, 3.05) is 13.6 Å². The third kappa shape index (κ3) is 3.95. The standard InChI is InChI=1S/C12H17ClN/c1-3-4-10-14(2,13)11-12-8-6-5-7-9-12/h3,5-9H,1,4,10-11H2,2H3/q+1.